The van der Waals surface area contributed by atoms with Crippen molar-refractivity contribution in [2.45, 2.75) is 49.0 Å². The molecule has 12 heteroatoms. The van der Waals surface area contributed by atoms with Gasteiger partial charge < -0.3 is 5.32 Å². The second-order valence-electron chi connectivity index (χ2n) is 7.93. The Morgan fingerprint density at radius 1 is 0.970 bits per heavy atom. The van der Waals surface area contributed by atoms with Crippen LogP contribution in [0.4, 0.5) is 26.3 Å². The van der Waals surface area contributed by atoms with E-state index in [-0.39, 0.29) is 23.3 Å². The quantitative estimate of drug-likeness (QED) is 0.601. The molecule has 1 N–H and O–H groups in total. The van der Waals surface area contributed by atoms with Crippen molar-refractivity contribution in [2.24, 2.45) is 5.92 Å². The molecule has 33 heavy (non-hydrogen) atoms. The van der Waals surface area contributed by atoms with Gasteiger partial charge in [-0.15, -0.1) is 0 Å². The van der Waals surface area contributed by atoms with Crippen LogP contribution in [0.2, 0.25) is 0 Å². The third kappa shape index (κ3) is 6.46. The van der Waals surface area contributed by atoms with Crippen LogP contribution in [0.1, 0.15) is 47.3 Å². The highest BCUT2D eigenvalue weighted by molar-refractivity contribution is 7.91. The number of aromatic nitrogens is 1. The number of pyridine rings is 1. The van der Waals surface area contributed by atoms with Gasteiger partial charge in [-0.3, -0.25) is 9.78 Å². The number of hydrogen-bond acceptors (Lipinski definition) is 4. The lowest BCUT2D eigenvalue weighted by atomic mass is 9.87. The van der Waals surface area contributed by atoms with E-state index in [1.165, 1.54) is 0 Å². The first-order chi connectivity index (χ1) is 15.3. The zero-order valence-corrected chi connectivity index (χ0v) is 17.9. The molecule has 1 heterocycles. The number of alkyl halides is 6. The van der Waals surface area contributed by atoms with Gasteiger partial charge in [0.25, 0.3) is 5.91 Å². The van der Waals surface area contributed by atoms with Crippen LogP contribution in [-0.4, -0.2) is 31.1 Å². The second-order valence-corrected chi connectivity index (χ2v) is 9.96. The average Bonchev–Trinajstić information content (AvgIpc) is 2.74. The minimum atomic E-state index is -4.68. The Hall–Kier alpha value is -2.63. The maximum atomic E-state index is 12.9. The average molecular weight is 494 g/mol. The monoisotopic (exact) mass is 494 g/mol. The molecule has 0 saturated heterocycles. The van der Waals surface area contributed by atoms with Gasteiger partial charge in [0.15, 0.2) is 9.84 Å². The van der Waals surface area contributed by atoms with Crippen molar-refractivity contribution in [3.63, 3.8) is 0 Å². The molecular weight excluding hydrogens is 474 g/mol. The molecule has 5 nitrogen and oxygen atoms in total. The van der Waals surface area contributed by atoms with Crippen LogP contribution in [0.25, 0.3) is 0 Å². The largest absolute Gasteiger partial charge is 0.433 e. The smallest absolute Gasteiger partial charge is 0.349 e. The molecule has 2 aromatic rings. The van der Waals surface area contributed by atoms with E-state index in [0.717, 1.165) is 30.5 Å². The van der Waals surface area contributed by atoms with E-state index in [9.17, 15) is 39.6 Å². The van der Waals surface area contributed by atoms with Crippen LogP contribution < -0.4 is 5.32 Å². The highest BCUT2D eigenvalue weighted by atomic mass is 32.2. The van der Waals surface area contributed by atoms with E-state index in [1.54, 1.807) is 0 Å². The number of carbonyl (C=O) groups excluding carboxylic acids is 1. The number of benzene rings is 1. The van der Waals surface area contributed by atoms with Crippen molar-refractivity contribution in [3.05, 3.63) is 59.4 Å². The fourth-order valence-corrected chi connectivity index (χ4v) is 5.48. The first-order valence-electron chi connectivity index (χ1n) is 10.00. The SMILES string of the molecule is O=C(N[C@H]1CC[C@H](CS(=O)(=O)c2cccc(C(F)(F)F)c2)CC1)c1ccnc(C(F)(F)F)c1. The molecule has 0 unspecified atom stereocenters. The van der Waals surface area contributed by atoms with Crippen molar-refractivity contribution >= 4 is 15.7 Å². The summed E-state index contributed by atoms with van der Waals surface area (Å²) in [4.78, 5) is 15.1. The van der Waals surface area contributed by atoms with Crippen molar-refractivity contribution < 1.29 is 39.6 Å². The van der Waals surface area contributed by atoms with E-state index in [1.807, 2.05) is 0 Å². The summed E-state index contributed by atoms with van der Waals surface area (Å²) in [5.41, 5.74) is -2.41. The highest BCUT2D eigenvalue weighted by Gasteiger charge is 2.34. The highest BCUT2D eigenvalue weighted by Crippen LogP contribution is 2.33. The summed E-state index contributed by atoms with van der Waals surface area (Å²) >= 11 is 0. The maximum absolute atomic E-state index is 12.9. The molecular formula is C21H20F6N2O3S. The Morgan fingerprint density at radius 3 is 2.24 bits per heavy atom. The molecule has 1 aromatic heterocycles. The van der Waals surface area contributed by atoms with Crippen LogP contribution in [0.15, 0.2) is 47.5 Å². The first kappa shape index (κ1) is 25.0. The number of carbonyl (C=O) groups is 1. The minimum Gasteiger partial charge on any atom is -0.349 e. The molecule has 0 radical (unpaired) electrons. The molecule has 1 saturated carbocycles. The Labute approximate surface area is 186 Å². The van der Waals surface area contributed by atoms with Gasteiger partial charge in [0, 0.05) is 17.8 Å². The number of nitrogens with zero attached hydrogens (tertiary/aromatic N) is 1. The first-order valence-corrected chi connectivity index (χ1v) is 11.6. The summed E-state index contributed by atoms with van der Waals surface area (Å²) in [6.45, 7) is 0. The summed E-state index contributed by atoms with van der Waals surface area (Å²) in [6, 6.07) is 5.05. The van der Waals surface area contributed by atoms with Gasteiger partial charge in [-0.05, 0) is 61.9 Å². The molecule has 3 rings (SSSR count). The molecule has 1 fully saturated rings. The molecule has 180 valence electrons. The summed E-state index contributed by atoms with van der Waals surface area (Å²) in [6.07, 6.45) is -6.86. The summed E-state index contributed by atoms with van der Waals surface area (Å²) in [5, 5.41) is 2.64. The van der Waals surface area contributed by atoms with E-state index in [4.69, 9.17) is 0 Å². The van der Waals surface area contributed by atoms with Gasteiger partial charge in [0.1, 0.15) is 5.69 Å². The summed E-state index contributed by atoms with van der Waals surface area (Å²) in [5.74, 6) is -1.33. The van der Waals surface area contributed by atoms with Crippen LogP contribution in [0, 0.1) is 5.92 Å². The molecule has 1 aliphatic rings. The molecule has 1 aromatic carbocycles. The van der Waals surface area contributed by atoms with E-state index in [0.29, 0.717) is 37.8 Å². The van der Waals surface area contributed by atoms with Crippen molar-refractivity contribution in [1.29, 1.82) is 0 Å². The zero-order chi connectivity index (χ0) is 24.4. The Kier molecular flexibility index (Phi) is 7.06. The molecule has 0 spiro atoms. The topological polar surface area (TPSA) is 76.1 Å². The number of hydrogen-bond donors (Lipinski definition) is 1. The van der Waals surface area contributed by atoms with Crippen LogP contribution >= 0.6 is 0 Å². The third-order valence-electron chi connectivity index (χ3n) is 5.47. The van der Waals surface area contributed by atoms with E-state index >= 15 is 0 Å². The predicted octanol–water partition coefficient (Wildman–Crippen LogP) is 4.88. The van der Waals surface area contributed by atoms with Crippen LogP contribution in [0.5, 0.6) is 0 Å². The molecule has 0 bridgehead atoms. The van der Waals surface area contributed by atoms with Crippen molar-refractivity contribution in [1.82, 2.24) is 10.3 Å². The Balaban J connectivity index is 1.58. The number of rotatable bonds is 5. The fourth-order valence-electron chi connectivity index (χ4n) is 3.74. The molecule has 0 atom stereocenters. The van der Waals surface area contributed by atoms with Crippen molar-refractivity contribution in [2.75, 3.05) is 5.75 Å². The minimum absolute atomic E-state index is 0.188. The Morgan fingerprint density at radius 2 is 1.64 bits per heavy atom. The predicted molar refractivity (Wildman–Crippen MR) is 106 cm³/mol. The van der Waals surface area contributed by atoms with Gasteiger partial charge in [0.05, 0.1) is 16.2 Å². The lowest BCUT2D eigenvalue weighted by Gasteiger charge is -2.29. The third-order valence-corrected chi connectivity index (χ3v) is 7.35. The molecule has 1 amide bonds. The lowest BCUT2D eigenvalue weighted by Crippen LogP contribution is -2.38. The fraction of sp³-hybridized carbons (Fsp3) is 0.429. The van der Waals surface area contributed by atoms with E-state index < -0.39 is 44.2 Å². The van der Waals surface area contributed by atoms with Crippen LogP contribution in [0.3, 0.4) is 0 Å². The van der Waals surface area contributed by atoms with Gasteiger partial charge >= 0.3 is 12.4 Å². The van der Waals surface area contributed by atoms with Gasteiger partial charge in [-0.2, -0.15) is 26.3 Å². The standard InChI is InChI=1S/C21H20F6N2O3S/c22-20(23,24)15-2-1-3-17(11-15)33(31,32)12-13-4-6-16(7-5-13)29-19(30)14-8-9-28-18(10-14)21(25,26)27/h1-3,8-11,13,16H,4-7,12H2,(H,29,30)/t13-,16-. The van der Waals surface area contributed by atoms with Crippen LogP contribution in [-0.2, 0) is 22.2 Å². The molecule has 0 aliphatic heterocycles. The second kappa shape index (κ2) is 9.32. The number of amides is 1. The van der Waals surface area contributed by atoms with Crippen molar-refractivity contribution in [3.8, 4) is 0 Å². The number of nitrogens with one attached hydrogen (secondary N) is 1. The van der Waals surface area contributed by atoms with E-state index in [2.05, 4.69) is 10.3 Å². The summed E-state index contributed by atoms with van der Waals surface area (Å²) in [7, 11) is -3.95. The van der Waals surface area contributed by atoms with Gasteiger partial charge in [0.2, 0.25) is 0 Å². The number of sulfone groups is 1. The Bertz CT molecular complexity index is 1110. The summed E-state index contributed by atoms with van der Waals surface area (Å²) < 4.78 is 102. The van der Waals surface area contributed by atoms with Gasteiger partial charge in [-0.25, -0.2) is 8.42 Å². The van der Waals surface area contributed by atoms with Gasteiger partial charge in [-0.1, -0.05) is 6.07 Å². The normalized spacial score (nSPS) is 19.8. The lowest BCUT2D eigenvalue weighted by molar-refractivity contribution is -0.141. The maximum Gasteiger partial charge on any atom is 0.433 e. The molecule has 1 aliphatic carbocycles. The number of halogens is 6. The zero-order valence-electron chi connectivity index (χ0n) is 17.1.